The third kappa shape index (κ3) is 1.83. The van der Waals surface area contributed by atoms with Crippen molar-refractivity contribution in [1.82, 2.24) is 4.98 Å². The third-order valence-electron chi connectivity index (χ3n) is 4.31. The van der Waals surface area contributed by atoms with Gasteiger partial charge in [0.2, 0.25) is 13.6 Å². The van der Waals surface area contributed by atoms with Gasteiger partial charge in [-0.1, -0.05) is 0 Å². The van der Waals surface area contributed by atoms with Gasteiger partial charge in [-0.2, -0.15) is 0 Å². The lowest BCUT2D eigenvalue weighted by molar-refractivity contribution is 0.171. The number of benzene rings is 2. The van der Waals surface area contributed by atoms with E-state index in [1.807, 2.05) is 30.3 Å². The lowest BCUT2D eigenvalue weighted by Gasteiger charge is -2.11. The van der Waals surface area contributed by atoms with Crippen molar-refractivity contribution < 1.29 is 24.1 Å². The van der Waals surface area contributed by atoms with Crippen molar-refractivity contribution in [3.8, 4) is 34.3 Å². The summed E-state index contributed by atoms with van der Waals surface area (Å²) >= 11 is 0. The molecule has 0 saturated carbocycles. The van der Waals surface area contributed by atoms with Gasteiger partial charge in [0.1, 0.15) is 0 Å². The SMILES string of the molecule is OCc1c(-c2cc3c4c(ccc3cn2)OCO4)ccc2c1OCO2. The van der Waals surface area contributed by atoms with Crippen molar-refractivity contribution in [2.24, 2.45) is 0 Å². The molecule has 120 valence electrons. The van der Waals surface area contributed by atoms with Crippen molar-refractivity contribution in [3.63, 3.8) is 0 Å². The van der Waals surface area contributed by atoms with Crippen LogP contribution in [0.2, 0.25) is 0 Å². The predicted molar refractivity (Wildman–Crippen MR) is 85.3 cm³/mol. The molecule has 2 aromatic carbocycles. The zero-order valence-corrected chi connectivity index (χ0v) is 12.6. The average Bonchev–Trinajstić information content (AvgIpc) is 3.29. The Morgan fingerprint density at radius 1 is 0.917 bits per heavy atom. The van der Waals surface area contributed by atoms with E-state index in [-0.39, 0.29) is 20.2 Å². The zero-order valence-electron chi connectivity index (χ0n) is 12.6. The molecule has 2 aliphatic heterocycles. The van der Waals surface area contributed by atoms with Gasteiger partial charge in [-0.3, -0.25) is 4.98 Å². The Kier molecular flexibility index (Phi) is 2.80. The van der Waals surface area contributed by atoms with Crippen LogP contribution >= 0.6 is 0 Å². The number of fused-ring (bicyclic) bond motifs is 4. The van der Waals surface area contributed by atoms with Crippen LogP contribution in [-0.2, 0) is 6.61 Å². The Bertz CT molecular complexity index is 969. The largest absolute Gasteiger partial charge is 0.454 e. The van der Waals surface area contributed by atoms with Gasteiger partial charge in [0.25, 0.3) is 0 Å². The molecule has 1 N–H and O–H groups in total. The molecule has 1 aromatic heterocycles. The van der Waals surface area contributed by atoms with Crippen molar-refractivity contribution in [2.75, 3.05) is 13.6 Å². The van der Waals surface area contributed by atoms with Crippen LogP contribution < -0.4 is 18.9 Å². The first-order valence-electron chi connectivity index (χ1n) is 7.56. The second kappa shape index (κ2) is 5.01. The second-order valence-corrected chi connectivity index (χ2v) is 5.57. The van der Waals surface area contributed by atoms with Gasteiger partial charge in [0.15, 0.2) is 23.0 Å². The van der Waals surface area contributed by atoms with Gasteiger partial charge in [-0.05, 0) is 30.3 Å². The summed E-state index contributed by atoms with van der Waals surface area (Å²) in [6.07, 6.45) is 1.79. The van der Waals surface area contributed by atoms with E-state index in [0.29, 0.717) is 17.1 Å². The minimum absolute atomic E-state index is 0.159. The van der Waals surface area contributed by atoms with E-state index in [9.17, 15) is 5.11 Å². The molecule has 24 heavy (non-hydrogen) atoms. The number of aliphatic hydroxyl groups excluding tert-OH is 1. The van der Waals surface area contributed by atoms with E-state index in [1.54, 1.807) is 6.20 Å². The Labute approximate surface area is 137 Å². The Balaban J connectivity index is 1.73. The number of hydrogen-bond acceptors (Lipinski definition) is 6. The molecule has 0 saturated heterocycles. The van der Waals surface area contributed by atoms with Crippen LogP contribution in [0.5, 0.6) is 23.0 Å². The molecule has 0 radical (unpaired) electrons. The molecular weight excluding hydrogens is 310 g/mol. The molecular formula is C18H13NO5. The number of aromatic nitrogens is 1. The average molecular weight is 323 g/mol. The summed E-state index contributed by atoms with van der Waals surface area (Å²) in [6.45, 7) is 0.224. The van der Waals surface area contributed by atoms with Crippen LogP contribution in [0, 0.1) is 0 Å². The molecule has 0 unspecified atom stereocenters. The number of nitrogens with zero attached hydrogens (tertiary/aromatic N) is 1. The normalized spacial score (nSPS) is 14.4. The topological polar surface area (TPSA) is 70.0 Å². The number of hydrogen-bond donors (Lipinski definition) is 1. The molecule has 0 fully saturated rings. The van der Waals surface area contributed by atoms with E-state index in [0.717, 1.165) is 33.5 Å². The summed E-state index contributed by atoms with van der Waals surface area (Å²) in [5, 5.41) is 11.7. The number of rotatable bonds is 2. The first-order chi connectivity index (χ1) is 11.8. The Hall–Kier alpha value is -2.99. The lowest BCUT2D eigenvalue weighted by atomic mass is 10.0. The van der Waals surface area contributed by atoms with Crippen LogP contribution in [0.3, 0.4) is 0 Å². The molecule has 0 aliphatic carbocycles. The van der Waals surface area contributed by atoms with E-state index in [1.165, 1.54) is 0 Å². The first-order valence-corrected chi connectivity index (χ1v) is 7.56. The summed E-state index contributed by atoms with van der Waals surface area (Å²) in [7, 11) is 0. The van der Waals surface area contributed by atoms with Gasteiger partial charge >= 0.3 is 0 Å². The fourth-order valence-corrected chi connectivity index (χ4v) is 3.16. The summed E-state index contributed by atoms with van der Waals surface area (Å²) in [5.74, 6) is 2.67. The van der Waals surface area contributed by atoms with Gasteiger partial charge in [0.05, 0.1) is 12.3 Å². The van der Waals surface area contributed by atoms with Gasteiger partial charge in [-0.25, -0.2) is 0 Å². The van der Waals surface area contributed by atoms with Crippen molar-refractivity contribution in [1.29, 1.82) is 0 Å². The fraction of sp³-hybridized carbons (Fsp3) is 0.167. The quantitative estimate of drug-likeness (QED) is 0.782. The summed E-state index contributed by atoms with van der Waals surface area (Å²) < 4.78 is 21.9. The predicted octanol–water partition coefficient (Wildman–Crippen LogP) is 2.85. The highest BCUT2D eigenvalue weighted by Crippen LogP contribution is 2.43. The molecule has 0 bridgehead atoms. The Morgan fingerprint density at radius 2 is 1.67 bits per heavy atom. The van der Waals surface area contributed by atoms with Crippen molar-refractivity contribution in [3.05, 3.63) is 42.1 Å². The van der Waals surface area contributed by atoms with Crippen LogP contribution in [0.4, 0.5) is 0 Å². The van der Waals surface area contributed by atoms with Crippen molar-refractivity contribution in [2.45, 2.75) is 6.61 Å². The third-order valence-corrected chi connectivity index (χ3v) is 4.31. The lowest BCUT2D eigenvalue weighted by Crippen LogP contribution is -1.96. The standard InChI is InChI=1S/C18H13NO5/c20-7-13-11(2-4-16-18(13)24-9-22-16)14-5-12-10(6-19-14)1-3-15-17(12)23-8-21-15/h1-6,20H,7-9H2. The molecule has 0 atom stereocenters. The minimum Gasteiger partial charge on any atom is -0.454 e. The summed E-state index contributed by atoms with van der Waals surface area (Å²) in [5.41, 5.74) is 2.20. The van der Waals surface area contributed by atoms with Crippen molar-refractivity contribution >= 4 is 10.8 Å². The van der Waals surface area contributed by atoms with E-state index in [4.69, 9.17) is 18.9 Å². The highest BCUT2D eigenvalue weighted by molar-refractivity contribution is 5.93. The molecule has 2 aliphatic rings. The molecule has 0 spiro atoms. The van der Waals surface area contributed by atoms with E-state index >= 15 is 0 Å². The maximum atomic E-state index is 9.80. The zero-order chi connectivity index (χ0) is 16.1. The summed E-state index contributed by atoms with van der Waals surface area (Å²) in [4.78, 5) is 4.53. The van der Waals surface area contributed by atoms with Gasteiger partial charge < -0.3 is 24.1 Å². The van der Waals surface area contributed by atoms with Crippen LogP contribution in [-0.4, -0.2) is 23.7 Å². The molecule has 6 heteroatoms. The number of ether oxygens (including phenoxy) is 4. The smallest absolute Gasteiger partial charge is 0.231 e. The molecule has 3 heterocycles. The van der Waals surface area contributed by atoms with Gasteiger partial charge in [0, 0.05) is 28.1 Å². The maximum absolute atomic E-state index is 9.80. The van der Waals surface area contributed by atoms with E-state index in [2.05, 4.69) is 4.98 Å². The highest BCUT2D eigenvalue weighted by Gasteiger charge is 2.23. The fourth-order valence-electron chi connectivity index (χ4n) is 3.16. The van der Waals surface area contributed by atoms with E-state index < -0.39 is 0 Å². The monoisotopic (exact) mass is 323 g/mol. The van der Waals surface area contributed by atoms with Gasteiger partial charge in [-0.15, -0.1) is 0 Å². The first kappa shape index (κ1) is 13.4. The summed E-state index contributed by atoms with van der Waals surface area (Å²) in [6, 6.07) is 9.49. The van der Waals surface area contributed by atoms with Crippen LogP contribution in [0.1, 0.15) is 5.56 Å². The minimum atomic E-state index is -0.159. The number of aliphatic hydroxyl groups is 1. The Morgan fingerprint density at radius 3 is 2.50 bits per heavy atom. The highest BCUT2D eigenvalue weighted by atomic mass is 16.7. The molecule has 5 rings (SSSR count). The van der Waals surface area contributed by atoms with Crippen LogP contribution in [0.25, 0.3) is 22.0 Å². The maximum Gasteiger partial charge on any atom is 0.231 e. The second-order valence-electron chi connectivity index (χ2n) is 5.57. The number of pyridine rings is 1. The molecule has 3 aromatic rings. The van der Waals surface area contributed by atoms with Crippen LogP contribution in [0.15, 0.2) is 36.5 Å². The molecule has 6 nitrogen and oxygen atoms in total. The molecule has 0 amide bonds.